The molecule has 3 aromatic heterocycles. The molecule has 1 saturated carbocycles. The van der Waals surface area contributed by atoms with Crippen molar-refractivity contribution in [3.63, 3.8) is 0 Å². The summed E-state index contributed by atoms with van der Waals surface area (Å²) in [5.41, 5.74) is 8.85. The highest BCUT2D eigenvalue weighted by Crippen LogP contribution is 2.30. The molecule has 0 unspecified atom stereocenters. The maximum absolute atomic E-state index is 6.22. The fraction of sp³-hybridized carbons (Fsp3) is 0.333. The third-order valence-electron chi connectivity index (χ3n) is 5.18. The van der Waals surface area contributed by atoms with Crippen LogP contribution in [0.25, 0.3) is 28.0 Å². The Balaban J connectivity index is 1.59. The number of anilines is 1. The Morgan fingerprint density at radius 2 is 1.86 bits per heavy atom. The number of H-pyrrole nitrogens is 1. The first-order chi connectivity index (χ1) is 13.6. The lowest BCUT2D eigenvalue weighted by atomic mass is 9.92. The first-order valence-corrected chi connectivity index (χ1v) is 9.90. The molecular weight excluding hydrogens is 399 g/mol. The summed E-state index contributed by atoms with van der Waals surface area (Å²) in [7, 11) is 0. The predicted octanol–water partition coefficient (Wildman–Crippen LogP) is 3.68. The van der Waals surface area contributed by atoms with Crippen LogP contribution in [-0.2, 0) is 0 Å². The molecule has 0 aliphatic heterocycles. The van der Waals surface area contributed by atoms with Gasteiger partial charge in [-0.1, -0.05) is 23.2 Å². The second kappa shape index (κ2) is 6.88. The predicted molar refractivity (Wildman–Crippen MR) is 110 cm³/mol. The van der Waals surface area contributed by atoms with Crippen LogP contribution in [0.1, 0.15) is 25.7 Å². The minimum Gasteiger partial charge on any atom is -0.351 e. The maximum atomic E-state index is 6.22. The smallest absolute Gasteiger partial charge is 0.227 e. The van der Waals surface area contributed by atoms with Gasteiger partial charge >= 0.3 is 0 Å². The van der Waals surface area contributed by atoms with Crippen molar-refractivity contribution < 1.29 is 0 Å². The molecule has 1 aromatic carbocycles. The summed E-state index contributed by atoms with van der Waals surface area (Å²) >= 11 is 12.3. The molecule has 4 aromatic rings. The number of hydrogen-bond donors (Lipinski definition) is 3. The number of halogens is 2. The average Bonchev–Trinajstić information content (AvgIpc) is 3.30. The molecule has 8 nitrogen and oxygen atoms in total. The summed E-state index contributed by atoms with van der Waals surface area (Å²) < 4.78 is 1.85. The highest BCUT2D eigenvalue weighted by atomic mass is 35.5. The van der Waals surface area contributed by atoms with Gasteiger partial charge in [0.1, 0.15) is 6.33 Å². The molecule has 144 valence electrons. The molecular formula is C18H18Cl2N8. The Bertz CT molecular complexity index is 1160. The lowest BCUT2D eigenvalue weighted by molar-refractivity contribution is 0.410. The van der Waals surface area contributed by atoms with E-state index in [2.05, 4.69) is 25.3 Å². The average molecular weight is 417 g/mol. The Kier molecular flexibility index (Phi) is 4.34. The van der Waals surface area contributed by atoms with E-state index in [9.17, 15) is 0 Å². The van der Waals surface area contributed by atoms with Gasteiger partial charge in [0.25, 0.3) is 0 Å². The minimum atomic E-state index is 0.290. The van der Waals surface area contributed by atoms with E-state index in [0.29, 0.717) is 45.1 Å². The molecule has 3 heterocycles. The largest absolute Gasteiger partial charge is 0.351 e. The monoisotopic (exact) mass is 416 g/mol. The van der Waals surface area contributed by atoms with Crippen molar-refractivity contribution in [3.8, 4) is 5.82 Å². The van der Waals surface area contributed by atoms with Crippen LogP contribution in [0.4, 0.5) is 5.95 Å². The Morgan fingerprint density at radius 3 is 2.68 bits per heavy atom. The summed E-state index contributed by atoms with van der Waals surface area (Å²) in [5.74, 6) is 1.18. The van der Waals surface area contributed by atoms with Gasteiger partial charge in [0.15, 0.2) is 17.0 Å². The zero-order chi connectivity index (χ0) is 19.3. The van der Waals surface area contributed by atoms with Gasteiger partial charge < -0.3 is 16.0 Å². The molecule has 0 amide bonds. The Hall–Kier alpha value is -2.42. The molecule has 1 fully saturated rings. The number of imidazole rings is 2. The van der Waals surface area contributed by atoms with Crippen LogP contribution in [0.3, 0.4) is 0 Å². The topological polar surface area (TPSA) is 110 Å². The normalized spacial score (nSPS) is 20.1. The molecule has 1 aliphatic rings. The molecule has 5 rings (SSSR count). The number of fused-ring (bicyclic) bond motifs is 2. The van der Waals surface area contributed by atoms with Crippen molar-refractivity contribution in [2.45, 2.75) is 37.8 Å². The van der Waals surface area contributed by atoms with Crippen molar-refractivity contribution in [2.75, 3.05) is 5.32 Å². The molecule has 10 heteroatoms. The van der Waals surface area contributed by atoms with Crippen LogP contribution in [0.2, 0.25) is 10.0 Å². The van der Waals surface area contributed by atoms with Crippen LogP contribution in [0, 0.1) is 0 Å². The van der Waals surface area contributed by atoms with E-state index in [-0.39, 0.29) is 0 Å². The molecule has 0 saturated heterocycles. The van der Waals surface area contributed by atoms with Gasteiger partial charge in [0, 0.05) is 12.1 Å². The summed E-state index contributed by atoms with van der Waals surface area (Å²) in [6.45, 7) is 0. The van der Waals surface area contributed by atoms with Gasteiger partial charge in [-0.25, -0.2) is 9.97 Å². The van der Waals surface area contributed by atoms with Crippen LogP contribution in [0.5, 0.6) is 0 Å². The van der Waals surface area contributed by atoms with Crippen LogP contribution in [-0.4, -0.2) is 41.6 Å². The number of nitrogens with one attached hydrogen (secondary N) is 2. The molecule has 1 aliphatic carbocycles. The highest BCUT2D eigenvalue weighted by Gasteiger charge is 2.21. The quantitative estimate of drug-likeness (QED) is 0.469. The zero-order valence-corrected chi connectivity index (χ0v) is 16.4. The second-order valence-electron chi connectivity index (χ2n) is 7.10. The fourth-order valence-corrected chi connectivity index (χ4v) is 3.99. The van der Waals surface area contributed by atoms with Crippen molar-refractivity contribution >= 4 is 51.3 Å². The number of rotatable bonds is 3. The number of aromatic amines is 1. The van der Waals surface area contributed by atoms with Crippen molar-refractivity contribution in [2.24, 2.45) is 5.73 Å². The van der Waals surface area contributed by atoms with Gasteiger partial charge in [-0.2, -0.15) is 9.97 Å². The van der Waals surface area contributed by atoms with Gasteiger partial charge in [0.2, 0.25) is 5.95 Å². The first kappa shape index (κ1) is 17.7. The van der Waals surface area contributed by atoms with Gasteiger partial charge in [-0.3, -0.25) is 4.57 Å². The van der Waals surface area contributed by atoms with Gasteiger partial charge in [0.05, 0.1) is 27.4 Å². The molecule has 4 N–H and O–H groups in total. The fourth-order valence-electron chi connectivity index (χ4n) is 3.67. The highest BCUT2D eigenvalue weighted by molar-refractivity contribution is 6.42. The summed E-state index contributed by atoms with van der Waals surface area (Å²) in [5, 5.41) is 4.37. The Labute approximate surface area is 170 Å². The van der Waals surface area contributed by atoms with E-state index in [1.54, 1.807) is 24.8 Å². The van der Waals surface area contributed by atoms with E-state index in [1.165, 1.54) is 0 Å². The summed E-state index contributed by atoms with van der Waals surface area (Å²) in [4.78, 5) is 21.2. The third-order valence-corrected chi connectivity index (χ3v) is 5.91. The van der Waals surface area contributed by atoms with E-state index in [0.717, 1.165) is 36.7 Å². The van der Waals surface area contributed by atoms with Crippen molar-refractivity contribution in [3.05, 3.63) is 34.8 Å². The molecule has 0 radical (unpaired) electrons. The van der Waals surface area contributed by atoms with E-state index in [4.69, 9.17) is 33.9 Å². The van der Waals surface area contributed by atoms with E-state index in [1.807, 2.05) is 4.57 Å². The number of hydrogen-bond acceptors (Lipinski definition) is 6. The molecule has 0 bridgehead atoms. The lowest BCUT2D eigenvalue weighted by Gasteiger charge is -2.26. The van der Waals surface area contributed by atoms with Crippen molar-refractivity contribution in [1.82, 2.24) is 29.5 Å². The van der Waals surface area contributed by atoms with Crippen LogP contribution < -0.4 is 11.1 Å². The summed E-state index contributed by atoms with van der Waals surface area (Å²) in [6, 6.07) is 4.12. The van der Waals surface area contributed by atoms with E-state index < -0.39 is 0 Å². The SMILES string of the molecule is N[C@H]1CC[C@H](Nc2nc(-n3cnc4cc(Cl)c(Cl)cc43)c3nc[nH]c3n2)CC1. The van der Waals surface area contributed by atoms with Gasteiger partial charge in [-0.15, -0.1) is 0 Å². The number of benzene rings is 1. The minimum absolute atomic E-state index is 0.290. The number of aromatic nitrogens is 6. The molecule has 0 spiro atoms. The van der Waals surface area contributed by atoms with Crippen LogP contribution in [0.15, 0.2) is 24.8 Å². The van der Waals surface area contributed by atoms with E-state index >= 15 is 0 Å². The maximum Gasteiger partial charge on any atom is 0.227 e. The molecule has 0 atom stereocenters. The van der Waals surface area contributed by atoms with Crippen LogP contribution >= 0.6 is 23.2 Å². The Morgan fingerprint density at radius 1 is 1.07 bits per heavy atom. The lowest BCUT2D eigenvalue weighted by Crippen LogP contribution is -2.33. The number of nitrogens with zero attached hydrogens (tertiary/aromatic N) is 5. The second-order valence-corrected chi connectivity index (χ2v) is 7.91. The number of nitrogens with two attached hydrogens (primary N) is 1. The molecule has 28 heavy (non-hydrogen) atoms. The third kappa shape index (κ3) is 3.07. The van der Waals surface area contributed by atoms with Gasteiger partial charge in [-0.05, 0) is 37.8 Å². The first-order valence-electron chi connectivity index (χ1n) is 9.14. The van der Waals surface area contributed by atoms with Crippen molar-refractivity contribution in [1.29, 1.82) is 0 Å². The summed E-state index contributed by atoms with van der Waals surface area (Å²) in [6.07, 6.45) is 7.31. The standard InChI is InChI=1S/C18H18Cl2N8/c19-11-5-13-14(6-12(11)20)28(8-24-13)17-15-16(23-7-22-15)26-18(27-17)25-10-3-1-9(21)2-4-10/h5-10H,1-4,21H2,(H2,22,23,25,26,27)/t9-,10-. The zero-order valence-electron chi connectivity index (χ0n) is 14.9.